The molecule has 0 unspecified atom stereocenters. The maximum absolute atomic E-state index is 13.1. The molecule has 0 aliphatic carbocycles. The van der Waals surface area contributed by atoms with Gasteiger partial charge in [-0.15, -0.1) is 11.6 Å². The molecule has 1 N–H and O–H groups in total. The molecule has 0 saturated carbocycles. The van der Waals surface area contributed by atoms with Crippen molar-refractivity contribution in [3.8, 4) is 0 Å². The van der Waals surface area contributed by atoms with Gasteiger partial charge >= 0.3 is 0 Å². The molecule has 156 valence electrons. The lowest BCUT2D eigenvalue weighted by Crippen LogP contribution is -2.54. The summed E-state index contributed by atoms with van der Waals surface area (Å²) in [5.74, 6) is -0.530. The van der Waals surface area contributed by atoms with Gasteiger partial charge in [0.05, 0.1) is 6.04 Å². The van der Waals surface area contributed by atoms with Gasteiger partial charge in [0.2, 0.25) is 11.8 Å². The molecule has 0 spiro atoms. The van der Waals surface area contributed by atoms with Gasteiger partial charge in [0.1, 0.15) is 11.9 Å². The van der Waals surface area contributed by atoms with Gasteiger partial charge < -0.3 is 14.8 Å². The summed E-state index contributed by atoms with van der Waals surface area (Å²) in [4.78, 5) is 34.1. The van der Waals surface area contributed by atoms with Crippen LogP contribution in [0.4, 0.5) is 0 Å². The second-order valence-electron chi connectivity index (χ2n) is 7.50. The molecule has 0 bridgehead atoms. The average Bonchev–Trinajstić information content (AvgIpc) is 3.15. The number of hydrogen-bond acceptors (Lipinski definition) is 3. The molecule has 4 rings (SSSR count). The Morgan fingerprint density at radius 3 is 2.53 bits per heavy atom. The molecular weight excluding hydrogens is 533 g/mol. The molecule has 1 aliphatic rings. The molecule has 2 aromatic carbocycles. The fourth-order valence-electron chi connectivity index (χ4n) is 4.20. The highest BCUT2D eigenvalue weighted by Crippen LogP contribution is 2.42. The Hall–Kier alpha value is -1.71. The number of aromatic nitrogens is 1. The van der Waals surface area contributed by atoms with Crippen LogP contribution in [0.15, 0.2) is 53.4 Å². The van der Waals surface area contributed by atoms with Crippen molar-refractivity contribution in [2.24, 2.45) is 0 Å². The maximum atomic E-state index is 13.1. The summed E-state index contributed by atoms with van der Waals surface area (Å²) >= 11 is 8.26. The summed E-state index contributed by atoms with van der Waals surface area (Å²) in [7, 11) is 5.07. The van der Waals surface area contributed by atoms with E-state index in [9.17, 15) is 9.59 Å². The molecule has 2 heterocycles. The molecule has 0 radical (unpaired) electrons. The van der Waals surface area contributed by atoms with Gasteiger partial charge in [0.15, 0.2) is 0 Å². The van der Waals surface area contributed by atoms with Gasteiger partial charge in [-0.3, -0.25) is 9.59 Å². The van der Waals surface area contributed by atoms with Crippen molar-refractivity contribution in [1.29, 1.82) is 0 Å². The average molecular weight is 554 g/mol. The minimum Gasteiger partial charge on any atom is -0.356 e. The van der Waals surface area contributed by atoms with Crippen LogP contribution in [0.5, 0.6) is 0 Å². The van der Waals surface area contributed by atoms with E-state index in [0.717, 1.165) is 32.6 Å². The van der Waals surface area contributed by atoms with Crippen LogP contribution in [-0.4, -0.2) is 52.6 Å². The molecule has 2 atom stereocenters. The van der Waals surface area contributed by atoms with Crippen molar-refractivity contribution in [3.63, 3.8) is 0 Å². The lowest BCUT2D eigenvalue weighted by atomic mass is 9.87. The highest BCUT2D eigenvalue weighted by Gasteiger charge is 2.43. The molecule has 0 fully saturated rings. The number of nitrogens with one attached hydrogen (secondary N) is 1. The van der Waals surface area contributed by atoms with Crippen LogP contribution in [-0.2, 0) is 16.0 Å². The number of fused-ring (bicyclic) bond motifs is 3. The van der Waals surface area contributed by atoms with Gasteiger partial charge in [-0.05, 0) is 29.3 Å². The third kappa shape index (κ3) is 3.71. The number of H-pyrrole nitrogens is 1. The van der Waals surface area contributed by atoms with Gasteiger partial charge in [0, 0.05) is 63.2 Å². The first-order valence-corrected chi connectivity index (χ1v) is 13.4. The second-order valence-corrected chi connectivity index (χ2v) is 9.71. The molecule has 3 aromatic rings. The standard InChI is InChI=1S/C22H21ClIN3O2S/c1-26(2)22(29)18-11-16-15-5-3-4-6-17(15)25-20(16)21(27(18)19(28)12-23)13-7-9-14(30-24)10-8-13/h3-10,18,21,25H,11-12H2,1-2H3/t18-,21-/m1/s1. The zero-order chi connectivity index (χ0) is 21.4. The molecule has 1 aromatic heterocycles. The first kappa shape index (κ1) is 21.5. The van der Waals surface area contributed by atoms with E-state index in [4.69, 9.17) is 11.6 Å². The molecule has 2 amide bonds. The number of likely N-dealkylation sites (N-methyl/N-ethyl adjacent to an activating group) is 1. The van der Waals surface area contributed by atoms with Gasteiger partial charge in [-0.2, -0.15) is 0 Å². The number of hydrogen-bond donors (Lipinski definition) is 1. The molecule has 1 aliphatic heterocycles. The summed E-state index contributed by atoms with van der Waals surface area (Å²) in [5.41, 5.74) is 3.99. The van der Waals surface area contributed by atoms with Crippen molar-refractivity contribution in [2.45, 2.75) is 23.4 Å². The topological polar surface area (TPSA) is 56.4 Å². The van der Waals surface area contributed by atoms with Crippen LogP contribution in [0, 0.1) is 0 Å². The third-order valence-electron chi connectivity index (χ3n) is 5.54. The van der Waals surface area contributed by atoms with Gasteiger partial charge in [-0.25, -0.2) is 0 Å². The summed E-state index contributed by atoms with van der Waals surface area (Å²) < 4.78 is 0. The van der Waals surface area contributed by atoms with Crippen molar-refractivity contribution < 1.29 is 9.59 Å². The number of nitrogens with zero attached hydrogens (tertiary/aromatic N) is 2. The van der Waals surface area contributed by atoms with E-state index in [2.05, 4.69) is 32.3 Å². The zero-order valence-electron chi connectivity index (χ0n) is 16.6. The van der Waals surface area contributed by atoms with Crippen molar-refractivity contribution in [3.05, 3.63) is 65.4 Å². The van der Waals surface area contributed by atoms with E-state index >= 15 is 0 Å². The molecule has 30 heavy (non-hydrogen) atoms. The van der Waals surface area contributed by atoms with Crippen LogP contribution in [0.25, 0.3) is 10.9 Å². The highest BCUT2D eigenvalue weighted by atomic mass is 127. The Balaban J connectivity index is 1.96. The molecule has 8 heteroatoms. The summed E-state index contributed by atoms with van der Waals surface area (Å²) in [6.45, 7) is 0. The van der Waals surface area contributed by atoms with Crippen LogP contribution in [0.2, 0.25) is 0 Å². The first-order chi connectivity index (χ1) is 14.5. The number of amides is 2. The van der Waals surface area contributed by atoms with E-state index in [0.29, 0.717) is 6.42 Å². The van der Waals surface area contributed by atoms with Gasteiger partial charge in [0.25, 0.3) is 0 Å². The monoisotopic (exact) mass is 553 g/mol. The Bertz CT molecular complexity index is 1100. The Kier molecular flexibility index (Phi) is 6.31. The van der Waals surface area contributed by atoms with Crippen molar-refractivity contribution in [2.75, 3.05) is 20.0 Å². The number of halogens is 2. The number of rotatable bonds is 4. The second kappa shape index (κ2) is 8.80. The van der Waals surface area contributed by atoms with Crippen LogP contribution < -0.4 is 0 Å². The van der Waals surface area contributed by atoms with Crippen LogP contribution in [0.3, 0.4) is 0 Å². The maximum Gasteiger partial charge on any atom is 0.245 e. The van der Waals surface area contributed by atoms with Crippen LogP contribution in [0.1, 0.15) is 22.9 Å². The zero-order valence-corrected chi connectivity index (χ0v) is 20.3. The largest absolute Gasteiger partial charge is 0.356 e. The lowest BCUT2D eigenvalue weighted by Gasteiger charge is -2.42. The predicted octanol–water partition coefficient (Wildman–Crippen LogP) is 4.78. The van der Waals surface area contributed by atoms with E-state index in [1.165, 1.54) is 0 Å². The Morgan fingerprint density at radius 2 is 1.90 bits per heavy atom. The smallest absolute Gasteiger partial charge is 0.245 e. The summed E-state index contributed by atoms with van der Waals surface area (Å²) in [6.07, 6.45) is 0.456. The number of para-hydroxylation sites is 1. The summed E-state index contributed by atoms with van der Waals surface area (Å²) in [6, 6.07) is 15.2. The van der Waals surface area contributed by atoms with E-state index in [-0.39, 0.29) is 17.7 Å². The fourth-order valence-corrected chi connectivity index (χ4v) is 5.46. The Labute approximate surface area is 196 Å². The minimum atomic E-state index is -0.610. The minimum absolute atomic E-state index is 0.103. The Morgan fingerprint density at radius 1 is 1.20 bits per heavy atom. The number of benzene rings is 2. The first-order valence-electron chi connectivity index (χ1n) is 9.52. The number of alkyl halides is 1. The van der Waals surface area contributed by atoms with Crippen molar-refractivity contribution in [1.82, 2.24) is 14.8 Å². The fraction of sp³-hybridized carbons (Fsp3) is 0.273. The van der Waals surface area contributed by atoms with E-state index in [1.807, 2.05) is 42.5 Å². The quantitative estimate of drug-likeness (QED) is 0.374. The highest BCUT2D eigenvalue weighted by molar-refractivity contribution is 14.2. The number of aromatic amines is 1. The summed E-state index contributed by atoms with van der Waals surface area (Å²) in [5, 5.41) is 1.09. The number of carbonyl (C=O) groups excluding carboxylic acids is 2. The molecule has 5 nitrogen and oxygen atoms in total. The SMILES string of the molecule is CN(C)C(=O)[C@H]1Cc2c([nH]c3ccccc23)[C@@H](c2ccc(SI)cc2)N1C(=O)CCl. The lowest BCUT2D eigenvalue weighted by molar-refractivity contribution is -0.145. The molecular formula is C22H21ClIN3O2S. The van der Waals surface area contributed by atoms with E-state index in [1.54, 1.807) is 32.8 Å². The molecule has 0 saturated heterocycles. The normalized spacial score (nSPS) is 18.3. The van der Waals surface area contributed by atoms with Gasteiger partial charge in [-0.1, -0.05) is 39.3 Å². The third-order valence-corrected chi connectivity index (χ3v) is 7.75. The van der Waals surface area contributed by atoms with Crippen LogP contribution >= 0.6 is 41.7 Å². The van der Waals surface area contributed by atoms with E-state index < -0.39 is 12.1 Å². The number of carbonyl (C=O) groups is 2. The van der Waals surface area contributed by atoms with Crippen molar-refractivity contribution >= 4 is 64.5 Å². The predicted molar refractivity (Wildman–Crippen MR) is 130 cm³/mol.